The van der Waals surface area contributed by atoms with Crippen molar-refractivity contribution in [3.8, 4) is 22.1 Å². The lowest BCUT2D eigenvalue weighted by Gasteiger charge is -2.34. The highest BCUT2D eigenvalue weighted by Gasteiger charge is 2.24. The Bertz CT molecular complexity index is 995. The van der Waals surface area contributed by atoms with Crippen molar-refractivity contribution in [3.05, 3.63) is 51.7 Å². The van der Waals surface area contributed by atoms with Gasteiger partial charge in [-0.3, -0.25) is 9.69 Å². The highest BCUT2D eigenvalue weighted by molar-refractivity contribution is 7.14. The number of rotatable bonds is 4. The van der Waals surface area contributed by atoms with Crippen molar-refractivity contribution < 1.29 is 14.3 Å². The largest absolute Gasteiger partial charge is 0.486 e. The fourth-order valence-corrected chi connectivity index (χ4v) is 5.11. The number of piperazine rings is 1. The maximum absolute atomic E-state index is 12.8. The van der Waals surface area contributed by atoms with Gasteiger partial charge < -0.3 is 14.4 Å². The first-order valence-corrected chi connectivity index (χ1v) is 11.5. The first-order chi connectivity index (χ1) is 14.3. The number of aromatic nitrogens is 1. The van der Waals surface area contributed by atoms with Gasteiger partial charge in [-0.25, -0.2) is 4.98 Å². The number of hydrogen-bond donors (Lipinski definition) is 0. The van der Waals surface area contributed by atoms with Crippen molar-refractivity contribution in [2.24, 2.45) is 0 Å². The van der Waals surface area contributed by atoms with Crippen LogP contribution in [-0.4, -0.2) is 60.1 Å². The molecule has 4 heterocycles. The summed E-state index contributed by atoms with van der Waals surface area (Å²) in [5.74, 6) is 1.68. The quantitative estimate of drug-likeness (QED) is 0.637. The molecule has 0 aliphatic carbocycles. The van der Waals surface area contributed by atoms with Crippen LogP contribution in [0.3, 0.4) is 0 Å². The smallest absolute Gasteiger partial charge is 0.273 e. The van der Waals surface area contributed by atoms with Crippen molar-refractivity contribution in [3.63, 3.8) is 0 Å². The molecule has 29 heavy (non-hydrogen) atoms. The molecule has 2 aliphatic rings. The lowest BCUT2D eigenvalue weighted by atomic mass is 10.1. The molecule has 0 spiro atoms. The second-order valence-corrected chi connectivity index (χ2v) is 8.73. The van der Waals surface area contributed by atoms with Crippen LogP contribution in [0.25, 0.3) is 10.6 Å². The van der Waals surface area contributed by atoms with Crippen LogP contribution in [0, 0.1) is 0 Å². The maximum Gasteiger partial charge on any atom is 0.273 e. The molecule has 0 atom stereocenters. The molecule has 6 nitrogen and oxygen atoms in total. The van der Waals surface area contributed by atoms with Gasteiger partial charge in [0.1, 0.15) is 23.9 Å². The molecule has 8 heteroatoms. The number of ether oxygens (including phenoxy) is 2. The van der Waals surface area contributed by atoms with Crippen molar-refractivity contribution in [2.45, 2.75) is 6.54 Å². The molecule has 0 saturated carbocycles. The Morgan fingerprint density at radius 3 is 2.66 bits per heavy atom. The number of fused-ring (bicyclic) bond motifs is 1. The van der Waals surface area contributed by atoms with Gasteiger partial charge in [0.25, 0.3) is 5.91 Å². The van der Waals surface area contributed by atoms with Crippen LogP contribution in [0.5, 0.6) is 11.5 Å². The number of carbonyl (C=O) groups excluding carboxylic acids is 1. The van der Waals surface area contributed by atoms with Crippen LogP contribution in [0.15, 0.2) is 40.4 Å². The Balaban J connectivity index is 1.18. The Hall–Kier alpha value is -2.42. The normalized spacial score (nSPS) is 16.8. The van der Waals surface area contributed by atoms with Gasteiger partial charge in [0.2, 0.25) is 0 Å². The molecule has 1 aromatic carbocycles. The van der Waals surface area contributed by atoms with Crippen molar-refractivity contribution in [2.75, 3.05) is 39.4 Å². The van der Waals surface area contributed by atoms with E-state index < -0.39 is 0 Å². The predicted octanol–water partition coefficient (Wildman–Crippen LogP) is 3.60. The summed E-state index contributed by atoms with van der Waals surface area (Å²) in [5.41, 5.74) is 2.84. The SMILES string of the molecule is O=C(c1csc(-c2ccsc2)n1)N1CCN(Cc2ccc3c(c2)OCCO3)CC1. The summed E-state index contributed by atoms with van der Waals surface area (Å²) in [6.07, 6.45) is 0. The van der Waals surface area contributed by atoms with Gasteiger partial charge in [-0.15, -0.1) is 11.3 Å². The zero-order valence-corrected chi connectivity index (χ0v) is 17.5. The van der Waals surface area contributed by atoms with Gasteiger partial charge in [0, 0.05) is 49.0 Å². The molecule has 150 valence electrons. The van der Waals surface area contributed by atoms with Gasteiger partial charge in [0.05, 0.1) is 0 Å². The van der Waals surface area contributed by atoms with Crippen LogP contribution in [0.1, 0.15) is 16.1 Å². The van der Waals surface area contributed by atoms with E-state index >= 15 is 0 Å². The molecule has 1 amide bonds. The van der Waals surface area contributed by atoms with E-state index in [4.69, 9.17) is 9.47 Å². The van der Waals surface area contributed by atoms with E-state index in [0.717, 1.165) is 41.7 Å². The molecule has 0 radical (unpaired) electrons. The van der Waals surface area contributed by atoms with Gasteiger partial charge >= 0.3 is 0 Å². The second kappa shape index (κ2) is 8.14. The van der Waals surface area contributed by atoms with Crippen LogP contribution in [0.4, 0.5) is 0 Å². The van der Waals surface area contributed by atoms with E-state index in [9.17, 15) is 4.79 Å². The standard InChI is InChI=1S/C21H21N3O3S2/c25-21(17-14-29-20(22-17)16-3-10-28-13-16)24-6-4-23(5-7-24)12-15-1-2-18-19(11-15)27-9-8-26-18/h1-3,10-11,13-14H,4-9,12H2. The van der Waals surface area contributed by atoms with E-state index in [-0.39, 0.29) is 5.91 Å². The summed E-state index contributed by atoms with van der Waals surface area (Å²) in [4.78, 5) is 21.7. The molecule has 1 saturated heterocycles. The first-order valence-electron chi connectivity index (χ1n) is 9.64. The van der Waals surface area contributed by atoms with Crippen molar-refractivity contribution >= 4 is 28.6 Å². The molecule has 0 unspecified atom stereocenters. The van der Waals surface area contributed by atoms with E-state index in [1.807, 2.05) is 27.8 Å². The van der Waals surface area contributed by atoms with Gasteiger partial charge in [-0.1, -0.05) is 6.07 Å². The average Bonchev–Trinajstić information content (AvgIpc) is 3.46. The van der Waals surface area contributed by atoms with Crippen molar-refractivity contribution in [1.29, 1.82) is 0 Å². The molecule has 2 aliphatic heterocycles. The third kappa shape index (κ3) is 4.01. The first kappa shape index (κ1) is 18.6. The topological polar surface area (TPSA) is 54.9 Å². The number of nitrogens with zero attached hydrogens (tertiary/aromatic N) is 3. The van der Waals surface area contributed by atoms with Crippen LogP contribution in [-0.2, 0) is 6.54 Å². The Kier molecular flexibility index (Phi) is 5.22. The fourth-order valence-electron chi connectivity index (χ4n) is 3.61. The number of benzene rings is 1. The number of amides is 1. The molecule has 0 bridgehead atoms. The van der Waals surface area contributed by atoms with Crippen LogP contribution < -0.4 is 9.47 Å². The van der Waals surface area contributed by atoms with E-state index in [1.54, 1.807) is 11.3 Å². The number of thiazole rings is 1. The third-order valence-electron chi connectivity index (χ3n) is 5.16. The number of carbonyl (C=O) groups is 1. The van der Waals surface area contributed by atoms with Gasteiger partial charge in [0.15, 0.2) is 11.5 Å². The average molecular weight is 428 g/mol. The zero-order chi connectivity index (χ0) is 19.6. The Labute approximate surface area is 177 Å². The summed E-state index contributed by atoms with van der Waals surface area (Å²) in [5, 5.41) is 6.87. The lowest BCUT2D eigenvalue weighted by Crippen LogP contribution is -2.48. The number of thiophene rings is 1. The highest BCUT2D eigenvalue weighted by Crippen LogP contribution is 2.31. The fraction of sp³-hybridized carbons (Fsp3) is 0.333. The highest BCUT2D eigenvalue weighted by atomic mass is 32.1. The molecular weight excluding hydrogens is 406 g/mol. The minimum absolute atomic E-state index is 0.0294. The van der Waals surface area contributed by atoms with E-state index in [0.29, 0.717) is 32.0 Å². The zero-order valence-electron chi connectivity index (χ0n) is 15.9. The minimum atomic E-state index is 0.0294. The third-order valence-corrected chi connectivity index (χ3v) is 6.74. The summed E-state index contributed by atoms with van der Waals surface area (Å²) >= 11 is 3.17. The molecule has 2 aromatic heterocycles. The summed E-state index contributed by atoms with van der Waals surface area (Å²) in [7, 11) is 0. The van der Waals surface area contributed by atoms with Gasteiger partial charge in [-0.2, -0.15) is 11.3 Å². The van der Waals surface area contributed by atoms with Crippen LogP contribution >= 0.6 is 22.7 Å². The molecule has 5 rings (SSSR count). The van der Waals surface area contributed by atoms with Crippen LogP contribution in [0.2, 0.25) is 0 Å². The van der Waals surface area contributed by atoms with E-state index in [2.05, 4.69) is 27.4 Å². The Morgan fingerprint density at radius 2 is 1.86 bits per heavy atom. The predicted molar refractivity (Wildman–Crippen MR) is 114 cm³/mol. The molecule has 0 N–H and O–H groups in total. The molecular formula is C21H21N3O3S2. The molecule has 3 aromatic rings. The monoisotopic (exact) mass is 427 g/mol. The summed E-state index contributed by atoms with van der Waals surface area (Å²) in [6, 6.07) is 8.17. The molecule has 1 fully saturated rings. The summed E-state index contributed by atoms with van der Waals surface area (Å²) in [6.45, 7) is 5.18. The minimum Gasteiger partial charge on any atom is -0.486 e. The second-order valence-electron chi connectivity index (χ2n) is 7.10. The maximum atomic E-state index is 12.8. The van der Waals surface area contributed by atoms with Crippen molar-refractivity contribution in [1.82, 2.24) is 14.8 Å². The lowest BCUT2D eigenvalue weighted by molar-refractivity contribution is 0.0623. The number of hydrogen-bond acceptors (Lipinski definition) is 7. The summed E-state index contributed by atoms with van der Waals surface area (Å²) < 4.78 is 11.3. The van der Waals surface area contributed by atoms with Gasteiger partial charge in [-0.05, 0) is 29.1 Å². The Morgan fingerprint density at radius 1 is 1.03 bits per heavy atom. The van der Waals surface area contributed by atoms with E-state index in [1.165, 1.54) is 16.9 Å².